The summed E-state index contributed by atoms with van der Waals surface area (Å²) in [5.41, 5.74) is 3.97. The highest BCUT2D eigenvalue weighted by Crippen LogP contribution is 2.21. The van der Waals surface area contributed by atoms with Crippen molar-refractivity contribution in [3.05, 3.63) is 71.9 Å². The highest BCUT2D eigenvalue weighted by Gasteiger charge is 2.06. The number of aromatic nitrogens is 1. The minimum absolute atomic E-state index is 0.737. The number of hydrogen-bond acceptors (Lipinski definition) is 2. The molecule has 1 heterocycles. The molecule has 3 nitrogen and oxygen atoms in total. The van der Waals surface area contributed by atoms with E-state index in [0.717, 1.165) is 26.2 Å². The molecule has 3 rings (SSSR count). The van der Waals surface area contributed by atoms with Gasteiger partial charge in [0.25, 0.3) is 0 Å². The standard InChI is InChI=1S/C19H22N2O/c1-22-13-11-20-14-18-9-5-8-17-10-12-21(19(17)18)15-16-6-3-2-4-7-16/h2-10,12,20H,11,13-15H2,1H3. The van der Waals surface area contributed by atoms with Gasteiger partial charge in [0.1, 0.15) is 0 Å². The third-order valence-electron chi connectivity index (χ3n) is 3.87. The average molecular weight is 294 g/mol. The number of rotatable bonds is 7. The van der Waals surface area contributed by atoms with Crippen LogP contribution in [0, 0.1) is 0 Å². The van der Waals surface area contributed by atoms with Crippen molar-refractivity contribution in [1.29, 1.82) is 0 Å². The highest BCUT2D eigenvalue weighted by atomic mass is 16.5. The first-order valence-electron chi connectivity index (χ1n) is 7.69. The number of ether oxygens (including phenoxy) is 1. The van der Waals surface area contributed by atoms with Gasteiger partial charge < -0.3 is 14.6 Å². The van der Waals surface area contributed by atoms with Crippen LogP contribution >= 0.6 is 0 Å². The molecule has 0 radical (unpaired) electrons. The van der Waals surface area contributed by atoms with Crippen LogP contribution in [0.25, 0.3) is 10.9 Å². The van der Waals surface area contributed by atoms with Crippen molar-refractivity contribution in [3.8, 4) is 0 Å². The number of fused-ring (bicyclic) bond motifs is 1. The molecule has 0 aliphatic heterocycles. The topological polar surface area (TPSA) is 26.2 Å². The van der Waals surface area contributed by atoms with Crippen LogP contribution < -0.4 is 5.32 Å². The Morgan fingerprint density at radius 2 is 1.86 bits per heavy atom. The predicted octanol–water partition coefficient (Wildman–Crippen LogP) is 3.43. The molecule has 3 aromatic rings. The number of hydrogen-bond donors (Lipinski definition) is 1. The minimum Gasteiger partial charge on any atom is -0.383 e. The molecule has 0 spiro atoms. The maximum Gasteiger partial charge on any atom is 0.0587 e. The summed E-state index contributed by atoms with van der Waals surface area (Å²) in [5, 5.41) is 4.73. The molecule has 0 aliphatic carbocycles. The smallest absolute Gasteiger partial charge is 0.0587 e. The Balaban J connectivity index is 1.84. The Hall–Kier alpha value is -2.10. The molecule has 2 aromatic carbocycles. The van der Waals surface area contributed by atoms with Crippen molar-refractivity contribution in [1.82, 2.24) is 9.88 Å². The lowest BCUT2D eigenvalue weighted by Gasteiger charge is -2.11. The molecule has 0 amide bonds. The first kappa shape index (κ1) is 14.8. The van der Waals surface area contributed by atoms with Gasteiger partial charge >= 0.3 is 0 Å². The van der Waals surface area contributed by atoms with E-state index in [1.54, 1.807) is 7.11 Å². The second-order valence-electron chi connectivity index (χ2n) is 5.45. The van der Waals surface area contributed by atoms with Gasteiger partial charge in [0.05, 0.1) is 12.1 Å². The van der Waals surface area contributed by atoms with E-state index in [9.17, 15) is 0 Å². The molecule has 114 valence electrons. The number of nitrogens with zero attached hydrogens (tertiary/aromatic N) is 1. The van der Waals surface area contributed by atoms with Crippen molar-refractivity contribution in [2.24, 2.45) is 0 Å². The van der Waals surface area contributed by atoms with Crippen LogP contribution in [0.1, 0.15) is 11.1 Å². The molecule has 0 bridgehead atoms. The quantitative estimate of drug-likeness (QED) is 0.676. The molecule has 0 fully saturated rings. The molecule has 0 atom stereocenters. The van der Waals surface area contributed by atoms with E-state index < -0.39 is 0 Å². The normalized spacial score (nSPS) is 11.1. The van der Waals surface area contributed by atoms with Crippen LogP contribution in [0.2, 0.25) is 0 Å². The predicted molar refractivity (Wildman–Crippen MR) is 91.1 cm³/mol. The van der Waals surface area contributed by atoms with E-state index in [0.29, 0.717) is 0 Å². The zero-order valence-electron chi connectivity index (χ0n) is 13.0. The summed E-state index contributed by atoms with van der Waals surface area (Å²) in [6.45, 7) is 3.37. The van der Waals surface area contributed by atoms with Crippen molar-refractivity contribution < 1.29 is 4.74 Å². The van der Waals surface area contributed by atoms with Gasteiger partial charge in [-0.1, -0.05) is 48.5 Å². The Morgan fingerprint density at radius 3 is 2.68 bits per heavy atom. The van der Waals surface area contributed by atoms with E-state index in [1.165, 1.54) is 22.0 Å². The molecular formula is C19H22N2O. The SMILES string of the molecule is COCCNCc1cccc2ccn(Cc3ccccc3)c12. The third-order valence-corrected chi connectivity index (χ3v) is 3.87. The monoisotopic (exact) mass is 294 g/mol. The maximum atomic E-state index is 5.09. The summed E-state index contributed by atoms with van der Waals surface area (Å²) in [7, 11) is 1.73. The number of benzene rings is 2. The number of methoxy groups -OCH3 is 1. The van der Waals surface area contributed by atoms with Gasteiger partial charge in [0, 0.05) is 32.9 Å². The Kier molecular flexibility index (Phi) is 4.88. The van der Waals surface area contributed by atoms with Crippen LogP contribution in [-0.4, -0.2) is 24.8 Å². The fourth-order valence-electron chi connectivity index (χ4n) is 2.79. The van der Waals surface area contributed by atoms with Crippen LogP contribution in [0.3, 0.4) is 0 Å². The summed E-state index contributed by atoms with van der Waals surface area (Å²) in [5.74, 6) is 0. The second kappa shape index (κ2) is 7.25. The zero-order valence-corrected chi connectivity index (χ0v) is 13.0. The van der Waals surface area contributed by atoms with Gasteiger partial charge in [0.15, 0.2) is 0 Å². The summed E-state index contributed by atoms with van der Waals surface area (Å²) in [6, 6.07) is 19.3. The Morgan fingerprint density at radius 1 is 1.00 bits per heavy atom. The Labute approximate surface area is 131 Å². The lowest BCUT2D eigenvalue weighted by molar-refractivity contribution is 0.199. The first-order chi connectivity index (χ1) is 10.9. The van der Waals surface area contributed by atoms with Gasteiger partial charge in [0.2, 0.25) is 0 Å². The summed E-state index contributed by atoms with van der Waals surface area (Å²) >= 11 is 0. The van der Waals surface area contributed by atoms with Gasteiger partial charge in [-0.3, -0.25) is 0 Å². The summed E-state index contributed by atoms with van der Waals surface area (Å²) in [6.07, 6.45) is 2.18. The maximum absolute atomic E-state index is 5.09. The van der Waals surface area contributed by atoms with Gasteiger partial charge in [-0.25, -0.2) is 0 Å². The molecule has 1 N–H and O–H groups in total. The van der Waals surface area contributed by atoms with E-state index >= 15 is 0 Å². The zero-order chi connectivity index (χ0) is 15.2. The van der Waals surface area contributed by atoms with Crippen LogP contribution in [-0.2, 0) is 17.8 Å². The minimum atomic E-state index is 0.737. The van der Waals surface area contributed by atoms with E-state index in [-0.39, 0.29) is 0 Å². The molecule has 3 heteroatoms. The summed E-state index contributed by atoms with van der Waals surface area (Å²) < 4.78 is 7.42. The van der Waals surface area contributed by atoms with Gasteiger partial charge in [-0.15, -0.1) is 0 Å². The molecule has 0 saturated carbocycles. The third kappa shape index (κ3) is 3.38. The lowest BCUT2D eigenvalue weighted by atomic mass is 10.1. The van der Waals surface area contributed by atoms with Crippen molar-refractivity contribution >= 4 is 10.9 Å². The number of nitrogens with one attached hydrogen (secondary N) is 1. The number of para-hydroxylation sites is 1. The molecular weight excluding hydrogens is 272 g/mol. The average Bonchev–Trinajstić information content (AvgIpc) is 2.96. The molecule has 22 heavy (non-hydrogen) atoms. The Bertz CT molecular complexity index is 719. The second-order valence-corrected chi connectivity index (χ2v) is 5.45. The molecule has 0 unspecified atom stereocenters. The van der Waals surface area contributed by atoms with Crippen molar-refractivity contribution in [3.63, 3.8) is 0 Å². The van der Waals surface area contributed by atoms with Crippen LogP contribution in [0.5, 0.6) is 0 Å². The van der Waals surface area contributed by atoms with Crippen molar-refractivity contribution in [2.45, 2.75) is 13.1 Å². The fourth-order valence-corrected chi connectivity index (χ4v) is 2.79. The molecule has 0 saturated heterocycles. The van der Waals surface area contributed by atoms with Gasteiger partial charge in [-0.2, -0.15) is 0 Å². The van der Waals surface area contributed by atoms with Crippen LogP contribution in [0.15, 0.2) is 60.8 Å². The first-order valence-corrected chi connectivity index (χ1v) is 7.69. The molecule has 1 aromatic heterocycles. The van der Waals surface area contributed by atoms with E-state index in [2.05, 4.69) is 70.7 Å². The summed E-state index contributed by atoms with van der Waals surface area (Å²) in [4.78, 5) is 0. The fraction of sp³-hybridized carbons (Fsp3) is 0.263. The van der Waals surface area contributed by atoms with Crippen molar-refractivity contribution in [2.75, 3.05) is 20.3 Å². The largest absolute Gasteiger partial charge is 0.383 e. The van der Waals surface area contributed by atoms with Gasteiger partial charge in [-0.05, 0) is 22.6 Å². The highest BCUT2D eigenvalue weighted by molar-refractivity contribution is 5.83. The van der Waals surface area contributed by atoms with E-state index in [4.69, 9.17) is 4.74 Å². The van der Waals surface area contributed by atoms with Crippen LogP contribution in [0.4, 0.5) is 0 Å². The van der Waals surface area contributed by atoms with E-state index in [1.807, 2.05) is 0 Å². The molecule has 0 aliphatic rings. The lowest BCUT2D eigenvalue weighted by Crippen LogP contribution is -2.19.